The molecule has 0 bridgehead atoms. The van der Waals surface area contributed by atoms with E-state index < -0.39 is 0 Å². The summed E-state index contributed by atoms with van der Waals surface area (Å²) in [6, 6.07) is 57.8. The fraction of sp³-hybridized carbons (Fsp3) is 0. The minimum absolute atomic E-state index is 0.409. The number of rotatable bonds is 5. The topological polar surface area (TPSA) is 142 Å². The van der Waals surface area contributed by atoms with Gasteiger partial charge in [0.1, 0.15) is 0 Å². The first-order valence-corrected chi connectivity index (χ1v) is 19.0. The summed E-state index contributed by atoms with van der Waals surface area (Å²) in [6.45, 7) is 0. The fourth-order valence-electron chi connectivity index (χ4n) is 8.50. The minimum Gasteiger partial charge on any atom is -0.307 e. The highest BCUT2D eigenvalue weighted by Gasteiger charge is 2.23. The van der Waals surface area contributed by atoms with E-state index in [0.29, 0.717) is 27.8 Å². The van der Waals surface area contributed by atoms with Gasteiger partial charge in [0.2, 0.25) is 0 Å². The van der Waals surface area contributed by atoms with Crippen molar-refractivity contribution >= 4 is 43.6 Å². The van der Waals surface area contributed by atoms with Crippen LogP contribution < -0.4 is 0 Å². The van der Waals surface area contributed by atoms with Gasteiger partial charge in [0, 0.05) is 27.1 Å². The lowest BCUT2D eigenvalue weighted by atomic mass is 9.97. The maximum absolute atomic E-state index is 10.1. The van der Waals surface area contributed by atoms with Crippen LogP contribution in [0.5, 0.6) is 0 Å². The molecule has 0 N–H and O–H groups in total. The molecule has 60 heavy (non-hydrogen) atoms. The van der Waals surface area contributed by atoms with Crippen molar-refractivity contribution in [3.05, 3.63) is 186 Å². The summed E-state index contributed by atoms with van der Waals surface area (Å²) in [5.41, 5.74) is 12.3. The van der Waals surface area contributed by atoms with Gasteiger partial charge >= 0.3 is 0 Å². The summed E-state index contributed by atoms with van der Waals surface area (Å²) >= 11 is 0. The van der Waals surface area contributed by atoms with Gasteiger partial charge in [0.05, 0.1) is 104 Å². The molecule has 3 aromatic heterocycles. The van der Waals surface area contributed by atoms with Crippen molar-refractivity contribution < 1.29 is 0 Å². The Bertz CT molecular complexity index is 3450. The van der Waals surface area contributed by atoms with E-state index in [4.69, 9.17) is 4.98 Å². The first-order chi connectivity index (χ1) is 29.5. The zero-order chi connectivity index (χ0) is 40.9. The van der Waals surface area contributed by atoms with Crippen LogP contribution in [0, 0.1) is 56.7 Å². The van der Waals surface area contributed by atoms with E-state index in [1.807, 2.05) is 85.2 Å². The zero-order valence-corrected chi connectivity index (χ0v) is 31.6. The second-order valence-electron chi connectivity index (χ2n) is 14.4. The quantitative estimate of drug-likeness (QED) is 0.171. The Morgan fingerprint density at radius 2 is 0.783 bits per heavy atom. The molecule has 0 radical (unpaired) electrons. The van der Waals surface area contributed by atoms with Crippen LogP contribution in [0.15, 0.2) is 158 Å². The molecule has 8 heteroatoms. The molecule has 7 aromatic carbocycles. The molecule has 0 saturated heterocycles. The summed E-state index contributed by atoms with van der Waals surface area (Å²) in [6.07, 6.45) is 3.74. The Labute approximate surface area is 343 Å². The predicted octanol–water partition coefficient (Wildman–Crippen LogP) is 11.6. The van der Waals surface area contributed by atoms with Crippen LogP contribution >= 0.6 is 0 Å². The minimum atomic E-state index is 0.409. The molecule has 3 heterocycles. The van der Waals surface area contributed by atoms with Gasteiger partial charge in [-0.15, -0.1) is 0 Å². The van der Waals surface area contributed by atoms with Crippen LogP contribution in [0.3, 0.4) is 0 Å². The van der Waals surface area contributed by atoms with Crippen LogP contribution in [0.1, 0.15) is 27.8 Å². The average molecular weight is 763 g/mol. The number of hydrogen-bond donors (Lipinski definition) is 0. The monoisotopic (exact) mass is 762 g/mol. The standard InChI is InChI=1S/C52H26N8/c53-25-32-9-13-35(14-10-32)52-50(59-46-7-3-1-5-42(46)44-19-15-36(23-48(44)59)40-17-11-33(26-54)21-38(40)28-56)30-58-31-51(52)60-47-8-4-2-6-43(47)45-20-16-37(24-49(45)60)41-18-12-34(27-55)22-39(41)29-57/h1-24,30-31H. The van der Waals surface area contributed by atoms with Crippen molar-refractivity contribution in [3.63, 3.8) is 0 Å². The summed E-state index contributed by atoms with van der Waals surface area (Å²) in [5, 5.41) is 53.3. The van der Waals surface area contributed by atoms with E-state index in [0.717, 1.165) is 88.4 Å². The molecule has 10 rings (SSSR count). The highest BCUT2D eigenvalue weighted by Crippen LogP contribution is 2.43. The van der Waals surface area contributed by atoms with E-state index in [1.165, 1.54) is 0 Å². The second-order valence-corrected chi connectivity index (χ2v) is 14.4. The Hall–Kier alpha value is -9.26. The van der Waals surface area contributed by atoms with Gasteiger partial charge < -0.3 is 9.13 Å². The van der Waals surface area contributed by atoms with Crippen molar-refractivity contribution in [3.8, 4) is 75.1 Å². The summed E-state index contributed by atoms with van der Waals surface area (Å²) in [5.74, 6) is 0. The molecule has 0 aliphatic carbocycles. The number of nitriles is 5. The average Bonchev–Trinajstić information content (AvgIpc) is 3.82. The molecule has 0 aliphatic heterocycles. The van der Waals surface area contributed by atoms with E-state index >= 15 is 0 Å². The van der Waals surface area contributed by atoms with Crippen LogP contribution in [0.4, 0.5) is 0 Å². The maximum atomic E-state index is 10.1. The SMILES string of the molecule is N#Cc1ccc(-c2c(-n3c4ccccc4c4ccc(-c5ccc(C#N)cc5C#N)cc43)cncc2-n2c3ccccc3c3ccc(-c4ccc(C#N)cc4C#N)cc32)cc1. The molecule has 0 atom stereocenters. The van der Waals surface area contributed by atoms with Gasteiger partial charge in [-0.25, -0.2) is 0 Å². The highest BCUT2D eigenvalue weighted by atomic mass is 15.0. The fourth-order valence-corrected chi connectivity index (χ4v) is 8.50. The second kappa shape index (κ2) is 14.0. The van der Waals surface area contributed by atoms with Crippen LogP contribution in [-0.2, 0) is 0 Å². The number of para-hydroxylation sites is 2. The Kier molecular flexibility index (Phi) is 8.23. The third kappa shape index (κ3) is 5.45. The Balaban J connectivity index is 1.31. The lowest BCUT2D eigenvalue weighted by Gasteiger charge is -2.20. The van der Waals surface area contributed by atoms with Crippen LogP contribution in [0.25, 0.3) is 88.4 Å². The van der Waals surface area contributed by atoms with Crippen molar-refractivity contribution in [1.82, 2.24) is 14.1 Å². The number of aromatic nitrogens is 3. The number of pyridine rings is 1. The Morgan fingerprint density at radius 1 is 0.367 bits per heavy atom. The lowest BCUT2D eigenvalue weighted by Crippen LogP contribution is -2.05. The van der Waals surface area contributed by atoms with Crippen molar-refractivity contribution in [1.29, 1.82) is 26.3 Å². The highest BCUT2D eigenvalue weighted by molar-refractivity contribution is 6.13. The summed E-state index contributed by atoms with van der Waals surface area (Å²) < 4.78 is 4.42. The molecule has 0 aliphatic rings. The normalized spacial score (nSPS) is 10.9. The van der Waals surface area contributed by atoms with E-state index in [9.17, 15) is 26.3 Å². The summed E-state index contributed by atoms with van der Waals surface area (Å²) in [4.78, 5) is 4.96. The van der Waals surface area contributed by atoms with Gasteiger partial charge in [0.15, 0.2) is 0 Å². The van der Waals surface area contributed by atoms with Gasteiger partial charge in [-0.1, -0.05) is 84.9 Å². The number of fused-ring (bicyclic) bond motifs is 6. The van der Waals surface area contributed by atoms with Gasteiger partial charge in [-0.3, -0.25) is 4.98 Å². The molecule has 0 amide bonds. The van der Waals surface area contributed by atoms with E-state index in [1.54, 1.807) is 24.3 Å². The van der Waals surface area contributed by atoms with Crippen LogP contribution in [0.2, 0.25) is 0 Å². The molecule has 0 saturated carbocycles. The van der Waals surface area contributed by atoms with Crippen molar-refractivity contribution in [2.75, 3.05) is 0 Å². The molecular formula is C52H26N8. The van der Waals surface area contributed by atoms with E-state index in [-0.39, 0.29) is 0 Å². The molecule has 0 spiro atoms. The predicted molar refractivity (Wildman–Crippen MR) is 233 cm³/mol. The first-order valence-electron chi connectivity index (χ1n) is 19.0. The lowest BCUT2D eigenvalue weighted by molar-refractivity contribution is 1.09. The van der Waals surface area contributed by atoms with E-state index in [2.05, 4.69) is 88.0 Å². The number of nitrogens with zero attached hydrogens (tertiary/aromatic N) is 8. The molecular weight excluding hydrogens is 737 g/mol. The molecule has 8 nitrogen and oxygen atoms in total. The smallest absolute Gasteiger partial charge is 0.0998 e. The third-order valence-corrected chi connectivity index (χ3v) is 11.2. The molecule has 0 fully saturated rings. The molecule has 274 valence electrons. The van der Waals surface area contributed by atoms with Crippen molar-refractivity contribution in [2.45, 2.75) is 0 Å². The van der Waals surface area contributed by atoms with Gasteiger partial charge in [0.25, 0.3) is 0 Å². The van der Waals surface area contributed by atoms with Gasteiger partial charge in [-0.2, -0.15) is 26.3 Å². The maximum Gasteiger partial charge on any atom is 0.0998 e. The first kappa shape index (κ1) is 35.2. The summed E-state index contributed by atoms with van der Waals surface area (Å²) in [7, 11) is 0. The number of benzene rings is 7. The Morgan fingerprint density at radius 3 is 1.23 bits per heavy atom. The third-order valence-electron chi connectivity index (χ3n) is 11.2. The molecule has 10 aromatic rings. The van der Waals surface area contributed by atoms with Crippen molar-refractivity contribution in [2.24, 2.45) is 0 Å². The molecule has 0 unspecified atom stereocenters. The van der Waals surface area contributed by atoms with Gasteiger partial charge in [-0.05, 0) is 88.5 Å². The largest absolute Gasteiger partial charge is 0.307 e. The zero-order valence-electron chi connectivity index (χ0n) is 31.6. The number of hydrogen-bond acceptors (Lipinski definition) is 6. The van der Waals surface area contributed by atoms with Crippen LogP contribution in [-0.4, -0.2) is 14.1 Å².